The molecule has 1 rings (SSSR count). The number of hydrogen-bond donors (Lipinski definition) is 3. The van der Waals surface area contributed by atoms with Crippen LogP contribution in [0.1, 0.15) is 33.6 Å². The minimum absolute atomic E-state index is 0. The Morgan fingerprint density at radius 3 is 2.38 bits per heavy atom. The summed E-state index contributed by atoms with van der Waals surface area (Å²) in [6.45, 7) is 7.26. The molecule has 0 saturated carbocycles. The fourth-order valence-corrected chi connectivity index (χ4v) is 2.00. The predicted octanol–water partition coefficient (Wildman–Crippen LogP) is 2.68. The van der Waals surface area contributed by atoms with E-state index in [1.54, 1.807) is 19.2 Å². The van der Waals surface area contributed by atoms with Crippen LogP contribution in [-0.2, 0) is 4.79 Å². The van der Waals surface area contributed by atoms with Crippen molar-refractivity contribution in [1.29, 1.82) is 0 Å². The van der Waals surface area contributed by atoms with Gasteiger partial charge in [-0.05, 0) is 57.9 Å². The number of amides is 1. The summed E-state index contributed by atoms with van der Waals surface area (Å²) in [5.41, 5.74) is -0.250. The van der Waals surface area contributed by atoms with Crippen molar-refractivity contribution in [2.75, 3.05) is 26.7 Å². The maximum atomic E-state index is 12.8. The van der Waals surface area contributed by atoms with Crippen molar-refractivity contribution < 1.29 is 13.9 Å². The lowest BCUT2D eigenvalue weighted by atomic mass is 10.1. The Hall–Kier alpha value is -1.58. The molecule has 0 heterocycles. The number of nitrogens with one attached hydrogen (secondary N) is 3. The molecule has 3 N–H and O–H groups in total. The molecule has 0 spiro atoms. The fourth-order valence-electron chi connectivity index (χ4n) is 2.00. The second-order valence-corrected chi connectivity index (χ2v) is 6.66. The zero-order chi connectivity index (χ0) is 18.7. The lowest BCUT2D eigenvalue weighted by molar-refractivity contribution is -0.121. The summed E-state index contributed by atoms with van der Waals surface area (Å²) in [5.74, 6) is 0.898. The van der Waals surface area contributed by atoms with Crippen LogP contribution in [0.2, 0.25) is 0 Å². The number of carbonyl (C=O) groups is 1. The monoisotopic (exact) mass is 480 g/mol. The summed E-state index contributed by atoms with van der Waals surface area (Å²) >= 11 is 0. The van der Waals surface area contributed by atoms with Gasteiger partial charge in [-0.3, -0.25) is 9.79 Å². The summed E-state index contributed by atoms with van der Waals surface area (Å²) in [6, 6.07) is 5.98. The molecule has 0 atom stereocenters. The number of carbonyl (C=O) groups excluding carboxylic acids is 1. The first-order chi connectivity index (χ1) is 11.8. The molecule has 0 aliphatic rings. The Labute approximate surface area is 172 Å². The first-order valence-electron chi connectivity index (χ1n) is 8.44. The Bertz CT molecular complexity index is 559. The third kappa shape index (κ3) is 11.9. The van der Waals surface area contributed by atoms with Gasteiger partial charge < -0.3 is 20.7 Å². The van der Waals surface area contributed by atoms with Crippen molar-refractivity contribution in [3.63, 3.8) is 0 Å². The van der Waals surface area contributed by atoms with E-state index in [1.807, 2.05) is 20.8 Å². The molecular formula is C18H30FIN4O2. The van der Waals surface area contributed by atoms with Gasteiger partial charge in [-0.15, -0.1) is 24.0 Å². The van der Waals surface area contributed by atoms with Crippen LogP contribution in [-0.4, -0.2) is 44.1 Å². The number of hydrogen-bond acceptors (Lipinski definition) is 3. The number of nitrogens with zero attached hydrogens (tertiary/aromatic N) is 1. The van der Waals surface area contributed by atoms with Gasteiger partial charge >= 0.3 is 0 Å². The van der Waals surface area contributed by atoms with E-state index in [2.05, 4.69) is 20.9 Å². The predicted molar refractivity (Wildman–Crippen MR) is 114 cm³/mol. The van der Waals surface area contributed by atoms with Crippen molar-refractivity contribution in [2.24, 2.45) is 4.99 Å². The molecule has 8 heteroatoms. The molecule has 1 aromatic carbocycles. The van der Waals surface area contributed by atoms with Gasteiger partial charge in [0.25, 0.3) is 0 Å². The van der Waals surface area contributed by atoms with Gasteiger partial charge in [-0.25, -0.2) is 4.39 Å². The standard InChI is InChI=1S/C18H29FN4O2.HI/c1-18(2,3)23-16(24)13-22-17(20-4)21-11-5-6-12-25-15-9-7-14(19)8-10-15;/h7-10H,5-6,11-13H2,1-4H3,(H,23,24)(H2,20,21,22);1H. The second kappa shape index (κ2) is 12.7. The molecule has 0 radical (unpaired) electrons. The Morgan fingerprint density at radius 1 is 1.15 bits per heavy atom. The van der Waals surface area contributed by atoms with E-state index in [4.69, 9.17) is 4.74 Å². The first-order valence-corrected chi connectivity index (χ1v) is 8.44. The van der Waals surface area contributed by atoms with E-state index in [9.17, 15) is 9.18 Å². The van der Waals surface area contributed by atoms with Gasteiger partial charge in [0.1, 0.15) is 11.6 Å². The van der Waals surface area contributed by atoms with E-state index < -0.39 is 0 Å². The second-order valence-electron chi connectivity index (χ2n) is 6.66. The molecule has 0 aliphatic carbocycles. The maximum Gasteiger partial charge on any atom is 0.239 e. The van der Waals surface area contributed by atoms with Gasteiger partial charge in [-0.2, -0.15) is 0 Å². The van der Waals surface area contributed by atoms with Gasteiger partial charge in [0, 0.05) is 19.1 Å². The lowest BCUT2D eigenvalue weighted by Crippen LogP contribution is -2.48. The molecule has 0 aromatic heterocycles. The molecule has 26 heavy (non-hydrogen) atoms. The van der Waals surface area contributed by atoms with Crippen molar-refractivity contribution in [1.82, 2.24) is 16.0 Å². The highest BCUT2D eigenvalue weighted by atomic mass is 127. The van der Waals surface area contributed by atoms with Crippen LogP contribution in [0.3, 0.4) is 0 Å². The number of ether oxygens (including phenoxy) is 1. The van der Waals surface area contributed by atoms with Crippen LogP contribution in [0.25, 0.3) is 0 Å². The third-order valence-electron chi connectivity index (χ3n) is 3.10. The minimum atomic E-state index is -0.272. The zero-order valence-electron chi connectivity index (χ0n) is 15.9. The van der Waals surface area contributed by atoms with E-state index in [1.165, 1.54) is 12.1 Å². The number of rotatable bonds is 8. The van der Waals surface area contributed by atoms with Crippen molar-refractivity contribution in [2.45, 2.75) is 39.2 Å². The van der Waals surface area contributed by atoms with Crippen LogP contribution in [0, 0.1) is 5.82 Å². The summed E-state index contributed by atoms with van der Waals surface area (Å²) in [6.07, 6.45) is 1.74. The third-order valence-corrected chi connectivity index (χ3v) is 3.10. The molecule has 0 bridgehead atoms. The van der Waals surface area contributed by atoms with Crippen molar-refractivity contribution in [3.8, 4) is 5.75 Å². The average Bonchev–Trinajstić information content (AvgIpc) is 2.53. The number of aliphatic imine (C=N–C) groups is 1. The molecule has 1 amide bonds. The SMILES string of the molecule is CN=C(NCCCCOc1ccc(F)cc1)NCC(=O)NC(C)(C)C.I. The fraction of sp³-hybridized carbons (Fsp3) is 0.556. The van der Waals surface area contributed by atoms with E-state index in [0.29, 0.717) is 24.9 Å². The summed E-state index contributed by atoms with van der Waals surface area (Å²) < 4.78 is 18.3. The maximum absolute atomic E-state index is 12.8. The van der Waals surface area contributed by atoms with Gasteiger partial charge in [0.05, 0.1) is 13.2 Å². The largest absolute Gasteiger partial charge is 0.494 e. The number of guanidine groups is 1. The molecule has 0 saturated heterocycles. The average molecular weight is 480 g/mol. The molecule has 0 aliphatic heterocycles. The Balaban J connectivity index is 0.00000625. The minimum Gasteiger partial charge on any atom is -0.494 e. The van der Waals surface area contributed by atoms with Crippen molar-refractivity contribution >= 4 is 35.8 Å². The van der Waals surface area contributed by atoms with Crippen LogP contribution in [0.4, 0.5) is 4.39 Å². The molecule has 0 unspecified atom stereocenters. The number of unbranched alkanes of at least 4 members (excludes halogenated alkanes) is 1. The van der Waals surface area contributed by atoms with E-state index in [-0.39, 0.29) is 47.8 Å². The highest BCUT2D eigenvalue weighted by Gasteiger charge is 2.13. The van der Waals surface area contributed by atoms with Crippen LogP contribution in [0.5, 0.6) is 5.75 Å². The molecule has 1 aromatic rings. The normalized spacial score (nSPS) is 11.3. The van der Waals surface area contributed by atoms with Crippen LogP contribution in [0.15, 0.2) is 29.3 Å². The molecule has 0 fully saturated rings. The molecule has 6 nitrogen and oxygen atoms in total. The topological polar surface area (TPSA) is 74.8 Å². The summed E-state index contributed by atoms with van der Waals surface area (Å²) in [4.78, 5) is 15.8. The van der Waals surface area contributed by atoms with E-state index in [0.717, 1.165) is 12.8 Å². The quantitative estimate of drug-likeness (QED) is 0.232. The zero-order valence-corrected chi connectivity index (χ0v) is 18.2. The highest BCUT2D eigenvalue weighted by Crippen LogP contribution is 2.11. The van der Waals surface area contributed by atoms with Crippen LogP contribution >= 0.6 is 24.0 Å². The van der Waals surface area contributed by atoms with Gasteiger partial charge in [0.15, 0.2) is 5.96 Å². The summed E-state index contributed by atoms with van der Waals surface area (Å²) in [5, 5.41) is 9.00. The first kappa shape index (κ1) is 24.4. The molecule has 148 valence electrons. The lowest BCUT2D eigenvalue weighted by Gasteiger charge is -2.21. The van der Waals surface area contributed by atoms with E-state index >= 15 is 0 Å². The van der Waals surface area contributed by atoms with Crippen molar-refractivity contribution in [3.05, 3.63) is 30.1 Å². The summed E-state index contributed by atoms with van der Waals surface area (Å²) in [7, 11) is 1.66. The number of halogens is 2. The Kier molecular flexibility index (Phi) is 11.9. The van der Waals surface area contributed by atoms with Crippen LogP contribution < -0.4 is 20.7 Å². The Morgan fingerprint density at radius 2 is 1.81 bits per heavy atom. The van der Waals surface area contributed by atoms with Gasteiger partial charge in [0.2, 0.25) is 5.91 Å². The number of benzene rings is 1. The van der Waals surface area contributed by atoms with Gasteiger partial charge in [-0.1, -0.05) is 0 Å². The smallest absolute Gasteiger partial charge is 0.239 e. The highest BCUT2D eigenvalue weighted by molar-refractivity contribution is 14.0. The molecular weight excluding hydrogens is 450 g/mol.